The second kappa shape index (κ2) is 8.68. The molecule has 1 aliphatic rings. The van der Waals surface area contributed by atoms with Crippen LogP contribution in [0.1, 0.15) is 15.9 Å². The van der Waals surface area contributed by atoms with Crippen LogP contribution in [0, 0.1) is 0 Å². The molecule has 2 heterocycles. The molecule has 8 heteroatoms. The van der Waals surface area contributed by atoms with Gasteiger partial charge < -0.3 is 9.47 Å². The van der Waals surface area contributed by atoms with Crippen LogP contribution in [0.2, 0.25) is 5.02 Å². The van der Waals surface area contributed by atoms with Crippen molar-refractivity contribution in [3.63, 3.8) is 0 Å². The number of thioether (sulfide) groups is 1. The number of carbonyl (C=O) groups excluding carboxylic acids is 1. The van der Waals surface area contributed by atoms with Crippen LogP contribution < -0.4 is 15.0 Å². The van der Waals surface area contributed by atoms with E-state index >= 15 is 0 Å². The van der Waals surface area contributed by atoms with Crippen LogP contribution in [-0.2, 0) is 6.54 Å². The minimum absolute atomic E-state index is 0.0972. The summed E-state index contributed by atoms with van der Waals surface area (Å²) in [5.74, 6) is 1.20. The Morgan fingerprint density at radius 2 is 1.81 bits per heavy atom. The van der Waals surface area contributed by atoms with Crippen LogP contribution in [0.3, 0.4) is 0 Å². The quantitative estimate of drug-likeness (QED) is 0.232. The van der Waals surface area contributed by atoms with Crippen molar-refractivity contribution in [1.82, 2.24) is 9.55 Å². The Balaban J connectivity index is 1.47. The van der Waals surface area contributed by atoms with Crippen molar-refractivity contribution < 1.29 is 14.3 Å². The number of ether oxygens (including phenoxy) is 2. The van der Waals surface area contributed by atoms with Gasteiger partial charge in [0.25, 0.3) is 5.56 Å². The average molecular weight is 465 g/mol. The molecule has 0 radical (unpaired) electrons. The molecule has 0 atom stereocenters. The number of fused-ring (bicyclic) bond motifs is 2. The molecule has 0 saturated heterocycles. The SMILES string of the molecule is O=C(CSc1nc2ccccc2c(=O)n1Cc1ccccc1Cl)c1ccc2c(c1)OCO2. The number of para-hydroxylation sites is 1. The first-order chi connectivity index (χ1) is 15.6. The van der Waals surface area contributed by atoms with Crippen molar-refractivity contribution in [2.75, 3.05) is 12.5 Å². The van der Waals surface area contributed by atoms with Gasteiger partial charge in [-0.25, -0.2) is 4.98 Å². The van der Waals surface area contributed by atoms with Crippen molar-refractivity contribution >= 4 is 40.0 Å². The van der Waals surface area contributed by atoms with Gasteiger partial charge in [-0.15, -0.1) is 0 Å². The number of aromatic nitrogens is 2. The minimum Gasteiger partial charge on any atom is -0.454 e. The zero-order valence-electron chi connectivity index (χ0n) is 16.8. The second-order valence-corrected chi connectivity index (χ2v) is 8.52. The predicted molar refractivity (Wildman–Crippen MR) is 124 cm³/mol. The Morgan fingerprint density at radius 3 is 2.69 bits per heavy atom. The highest BCUT2D eigenvalue weighted by molar-refractivity contribution is 7.99. The van der Waals surface area contributed by atoms with Gasteiger partial charge in [0.05, 0.1) is 23.2 Å². The average Bonchev–Trinajstić information content (AvgIpc) is 3.29. The number of hydrogen-bond acceptors (Lipinski definition) is 6. The highest BCUT2D eigenvalue weighted by Crippen LogP contribution is 2.33. The van der Waals surface area contributed by atoms with Gasteiger partial charge in [0.2, 0.25) is 6.79 Å². The van der Waals surface area contributed by atoms with E-state index in [2.05, 4.69) is 4.98 Å². The predicted octanol–water partition coefficient (Wildman–Crippen LogP) is 4.80. The molecule has 0 saturated carbocycles. The summed E-state index contributed by atoms with van der Waals surface area (Å²) < 4.78 is 12.2. The summed E-state index contributed by atoms with van der Waals surface area (Å²) in [5.41, 5.74) is 1.74. The molecule has 160 valence electrons. The highest BCUT2D eigenvalue weighted by atomic mass is 35.5. The van der Waals surface area contributed by atoms with Gasteiger partial charge in [0.1, 0.15) is 0 Å². The van der Waals surface area contributed by atoms with Gasteiger partial charge in [-0.1, -0.05) is 53.7 Å². The smallest absolute Gasteiger partial charge is 0.262 e. The normalized spacial score (nSPS) is 12.3. The Labute approximate surface area is 192 Å². The fourth-order valence-corrected chi connectivity index (χ4v) is 4.57. The molecule has 4 aromatic rings. The van der Waals surface area contributed by atoms with E-state index in [1.807, 2.05) is 24.3 Å². The van der Waals surface area contributed by atoms with E-state index in [1.54, 1.807) is 47.0 Å². The Morgan fingerprint density at radius 1 is 1.03 bits per heavy atom. The lowest BCUT2D eigenvalue weighted by Gasteiger charge is -2.14. The molecule has 0 aliphatic carbocycles. The summed E-state index contributed by atoms with van der Waals surface area (Å²) in [6.45, 7) is 0.411. The fraction of sp³-hybridized carbons (Fsp3) is 0.125. The third-order valence-electron chi connectivity index (χ3n) is 5.14. The fourth-order valence-electron chi connectivity index (χ4n) is 3.48. The summed E-state index contributed by atoms with van der Waals surface area (Å²) in [6, 6.07) is 19.7. The molecule has 1 aliphatic heterocycles. The minimum atomic E-state index is -0.173. The molecule has 32 heavy (non-hydrogen) atoms. The highest BCUT2D eigenvalue weighted by Gasteiger charge is 2.18. The molecule has 0 amide bonds. The maximum Gasteiger partial charge on any atom is 0.262 e. The standard InChI is InChI=1S/C24H17ClN2O4S/c25-18-7-3-1-5-16(18)12-27-23(29)17-6-2-4-8-19(17)26-24(27)32-13-20(28)15-9-10-21-22(11-15)31-14-30-21/h1-11H,12-14H2. The van der Waals surface area contributed by atoms with Crippen molar-refractivity contribution in [3.05, 3.63) is 93.2 Å². The first-order valence-electron chi connectivity index (χ1n) is 9.89. The van der Waals surface area contributed by atoms with Crippen LogP contribution >= 0.6 is 23.4 Å². The zero-order chi connectivity index (χ0) is 22.1. The van der Waals surface area contributed by atoms with E-state index in [-0.39, 0.29) is 30.4 Å². The summed E-state index contributed by atoms with van der Waals surface area (Å²) in [7, 11) is 0. The van der Waals surface area contributed by atoms with Crippen LogP contribution in [-0.4, -0.2) is 27.9 Å². The van der Waals surface area contributed by atoms with Gasteiger partial charge >= 0.3 is 0 Å². The third kappa shape index (κ3) is 3.97. The molecular formula is C24H17ClN2O4S. The molecular weight excluding hydrogens is 448 g/mol. The molecule has 0 spiro atoms. The molecule has 0 unspecified atom stereocenters. The van der Waals surface area contributed by atoms with Crippen LogP contribution in [0.5, 0.6) is 11.5 Å². The van der Waals surface area contributed by atoms with Crippen molar-refractivity contribution in [2.45, 2.75) is 11.7 Å². The number of Topliss-reactive ketones (excluding diaryl/α,β-unsaturated/α-hetero) is 1. The van der Waals surface area contributed by atoms with E-state index in [9.17, 15) is 9.59 Å². The molecule has 1 aromatic heterocycles. The van der Waals surface area contributed by atoms with Crippen LogP contribution in [0.4, 0.5) is 0 Å². The van der Waals surface area contributed by atoms with Crippen LogP contribution in [0.15, 0.2) is 76.7 Å². The molecule has 0 bridgehead atoms. The summed E-state index contributed by atoms with van der Waals surface area (Å²) in [5, 5.41) is 1.55. The zero-order valence-corrected chi connectivity index (χ0v) is 18.4. The van der Waals surface area contributed by atoms with Crippen molar-refractivity contribution in [1.29, 1.82) is 0 Å². The second-order valence-electron chi connectivity index (χ2n) is 7.17. The van der Waals surface area contributed by atoms with Crippen molar-refractivity contribution in [2.24, 2.45) is 0 Å². The maximum absolute atomic E-state index is 13.3. The van der Waals surface area contributed by atoms with Crippen LogP contribution in [0.25, 0.3) is 10.9 Å². The first-order valence-corrected chi connectivity index (χ1v) is 11.2. The number of halogens is 1. The molecule has 0 N–H and O–H groups in total. The summed E-state index contributed by atoms with van der Waals surface area (Å²) >= 11 is 7.56. The lowest BCUT2D eigenvalue weighted by molar-refractivity contribution is 0.102. The van der Waals surface area contributed by atoms with Crippen molar-refractivity contribution in [3.8, 4) is 11.5 Å². The Kier molecular flexibility index (Phi) is 5.59. The maximum atomic E-state index is 13.3. The van der Waals surface area contributed by atoms with E-state index in [0.29, 0.717) is 38.1 Å². The Bertz CT molecular complexity index is 1400. The topological polar surface area (TPSA) is 70.4 Å². The first kappa shape index (κ1) is 20.6. The number of nitrogens with zero attached hydrogens (tertiary/aromatic N) is 2. The number of benzene rings is 3. The lowest BCUT2D eigenvalue weighted by Crippen LogP contribution is -2.24. The lowest BCUT2D eigenvalue weighted by atomic mass is 10.1. The molecule has 5 rings (SSSR count). The summed E-state index contributed by atoms with van der Waals surface area (Å²) in [4.78, 5) is 30.8. The number of carbonyl (C=O) groups is 1. The van der Waals surface area contributed by atoms with Gasteiger partial charge in [-0.3, -0.25) is 14.2 Å². The monoisotopic (exact) mass is 464 g/mol. The molecule has 6 nitrogen and oxygen atoms in total. The summed E-state index contributed by atoms with van der Waals surface area (Å²) in [6.07, 6.45) is 0. The molecule has 0 fully saturated rings. The van der Waals surface area contributed by atoms with Gasteiger partial charge in [0, 0.05) is 10.6 Å². The van der Waals surface area contributed by atoms with E-state index < -0.39 is 0 Å². The number of hydrogen-bond donors (Lipinski definition) is 0. The van der Waals surface area contributed by atoms with Gasteiger partial charge in [-0.05, 0) is 42.0 Å². The largest absolute Gasteiger partial charge is 0.454 e. The third-order valence-corrected chi connectivity index (χ3v) is 6.48. The van der Waals surface area contributed by atoms with Gasteiger partial charge in [-0.2, -0.15) is 0 Å². The van der Waals surface area contributed by atoms with E-state index in [4.69, 9.17) is 21.1 Å². The van der Waals surface area contributed by atoms with E-state index in [1.165, 1.54) is 11.8 Å². The number of ketones is 1. The molecule has 3 aromatic carbocycles. The van der Waals surface area contributed by atoms with E-state index in [0.717, 1.165) is 5.56 Å². The Hall–Kier alpha value is -3.29. The number of rotatable bonds is 6. The van der Waals surface area contributed by atoms with Gasteiger partial charge in [0.15, 0.2) is 22.4 Å².